The minimum atomic E-state index is -0.400. The Hall–Kier alpha value is -0.670. The molecule has 2 rings (SSSR count). The van der Waals surface area contributed by atoms with Gasteiger partial charge in [0.05, 0.1) is 17.1 Å². The summed E-state index contributed by atoms with van der Waals surface area (Å²) < 4.78 is 6.92. The number of hydrogen-bond donors (Lipinski definition) is 0. The van der Waals surface area contributed by atoms with Crippen LogP contribution in [0, 0.1) is 5.92 Å². The zero-order valence-electron chi connectivity index (χ0n) is 11.3. The van der Waals surface area contributed by atoms with Gasteiger partial charge in [-0.25, -0.2) is 0 Å². The predicted molar refractivity (Wildman–Crippen MR) is 75.8 cm³/mol. The molecule has 0 amide bonds. The number of carbonyl (C=O) groups is 1. The average molecular weight is 311 g/mol. The fourth-order valence-corrected chi connectivity index (χ4v) is 3.21. The molecule has 0 bridgehead atoms. The van der Waals surface area contributed by atoms with Crippen LogP contribution in [-0.4, -0.2) is 17.0 Å². The van der Waals surface area contributed by atoms with Gasteiger partial charge in [0.1, 0.15) is 0 Å². The number of rotatable bonds is 2. The van der Waals surface area contributed by atoms with E-state index >= 15 is 0 Å². The molecule has 0 radical (unpaired) electrons. The highest BCUT2D eigenvalue weighted by molar-refractivity contribution is 9.10. The standard InChI is InChI=1S/C15H19BrO2/c1-14(2)9-12(15(3,4)18-14)13(17)10-6-5-7-11(16)8-10/h5-8,12H,9H2,1-4H3. The molecular weight excluding hydrogens is 292 g/mol. The second kappa shape index (κ2) is 4.46. The molecule has 3 heteroatoms. The SMILES string of the molecule is CC1(C)CC(C(=O)c2cccc(Br)c2)C(C)(C)O1. The molecule has 0 spiro atoms. The highest BCUT2D eigenvalue weighted by Gasteiger charge is 2.49. The van der Waals surface area contributed by atoms with E-state index in [2.05, 4.69) is 15.9 Å². The van der Waals surface area contributed by atoms with Gasteiger partial charge < -0.3 is 4.74 Å². The van der Waals surface area contributed by atoms with Crippen molar-refractivity contribution in [2.24, 2.45) is 5.92 Å². The zero-order valence-corrected chi connectivity index (χ0v) is 12.9. The van der Waals surface area contributed by atoms with Gasteiger partial charge in [0.15, 0.2) is 5.78 Å². The van der Waals surface area contributed by atoms with Crippen LogP contribution in [0.1, 0.15) is 44.5 Å². The number of ether oxygens (including phenoxy) is 1. The molecule has 1 unspecified atom stereocenters. The van der Waals surface area contributed by atoms with Crippen molar-refractivity contribution >= 4 is 21.7 Å². The molecule has 1 heterocycles. The Kier molecular flexibility index (Phi) is 3.41. The van der Waals surface area contributed by atoms with E-state index in [9.17, 15) is 4.79 Å². The largest absolute Gasteiger partial charge is 0.369 e. The molecule has 0 N–H and O–H groups in total. The van der Waals surface area contributed by atoms with E-state index in [-0.39, 0.29) is 17.3 Å². The van der Waals surface area contributed by atoms with Crippen molar-refractivity contribution < 1.29 is 9.53 Å². The van der Waals surface area contributed by atoms with Crippen LogP contribution >= 0.6 is 15.9 Å². The highest BCUT2D eigenvalue weighted by Crippen LogP contribution is 2.43. The van der Waals surface area contributed by atoms with Gasteiger partial charge in [-0.1, -0.05) is 28.1 Å². The monoisotopic (exact) mass is 310 g/mol. The van der Waals surface area contributed by atoms with Crippen molar-refractivity contribution in [3.05, 3.63) is 34.3 Å². The molecule has 1 aromatic rings. The quantitative estimate of drug-likeness (QED) is 0.764. The van der Waals surface area contributed by atoms with Crippen LogP contribution in [0.15, 0.2) is 28.7 Å². The summed E-state index contributed by atoms with van der Waals surface area (Å²) in [6, 6.07) is 7.57. The second-order valence-corrected chi connectivity index (χ2v) is 7.01. The van der Waals surface area contributed by atoms with Crippen molar-refractivity contribution in [2.75, 3.05) is 0 Å². The van der Waals surface area contributed by atoms with Crippen molar-refractivity contribution in [3.63, 3.8) is 0 Å². The van der Waals surface area contributed by atoms with E-state index in [0.29, 0.717) is 0 Å². The van der Waals surface area contributed by atoms with Crippen molar-refractivity contribution in [1.82, 2.24) is 0 Å². The fourth-order valence-electron chi connectivity index (χ4n) is 2.81. The lowest BCUT2D eigenvalue weighted by Crippen LogP contribution is -2.33. The van der Waals surface area contributed by atoms with Crippen LogP contribution in [-0.2, 0) is 4.74 Å². The van der Waals surface area contributed by atoms with E-state index in [1.165, 1.54) is 0 Å². The Morgan fingerprint density at radius 3 is 2.50 bits per heavy atom. The second-order valence-electron chi connectivity index (χ2n) is 6.10. The maximum Gasteiger partial charge on any atom is 0.168 e. The first-order valence-corrected chi connectivity index (χ1v) is 7.00. The summed E-state index contributed by atoms with van der Waals surface area (Å²) in [5, 5.41) is 0. The van der Waals surface area contributed by atoms with Gasteiger partial charge in [-0.2, -0.15) is 0 Å². The van der Waals surface area contributed by atoms with Gasteiger partial charge in [0, 0.05) is 10.0 Å². The molecule has 0 aromatic heterocycles. The Morgan fingerprint density at radius 1 is 1.33 bits per heavy atom. The first kappa shape index (κ1) is 13.8. The summed E-state index contributed by atoms with van der Waals surface area (Å²) in [7, 11) is 0. The molecule has 1 aliphatic rings. The van der Waals surface area contributed by atoms with E-state index in [1.54, 1.807) is 0 Å². The summed E-state index contributed by atoms with van der Waals surface area (Å²) in [4.78, 5) is 12.6. The normalized spacial score (nSPS) is 25.1. The maximum absolute atomic E-state index is 12.6. The summed E-state index contributed by atoms with van der Waals surface area (Å²) in [5.74, 6) is 0.0914. The van der Waals surface area contributed by atoms with Crippen LogP contribution < -0.4 is 0 Å². The molecule has 0 saturated carbocycles. The van der Waals surface area contributed by atoms with Gasteiger partial charge >= 0.3 is 0 Å². The van der Waals surface area contributed by atoms with Gasteiger partial charge in [0.2, 0.25) is 0 Å². The molecule has 1 aromatic carbocycles. The minimum Gasteiger partial charge on any atom is -0.369 e. The third kappa shape index (κ3) is 2.67. The molecule has 1 aliphatic heterocycles. The van der Waals surface area contributed by atoms with Gasteiger partial charge in [0.25, 0.3) is 0 Å². The van der Waals surface area contributed by atoms with Crippen molar-refractivity contribution in [1.29, 1.82) is 0 Å². The van der Waals surface area contributed by atoms with Gasteiger partial charge in [-0.15, -0.1) is 0 Å². The summed E-state index contributed by atoms with van der Waals surface area (Å²) >= 11 is 3.41. The molecule has 2 nitrogen and oxygen atoms in total. The average Bonchev–Trinajstić information content (AvgIpc) is 2.45. The van der Waals surface area contributed by atoms with Crippen molar-refractivity contribution in [3.8, 4) is 0 Å². The number of halogens is 1. The van der Waals surface area contributed by atoms with E-state index in [0.717, 1.165) is 16.5 Å². The summed E-state index contributed by atoms with van der Waals surface area (Å²) in [6.07, 6.45) is 0.769. The number of Topliss-reactive ketones (excluding diaryl/α,β-unsaturated/α-hetero) is 1. The molecule has 1 saturated heterocycles. The van der Waals surface area contributed by atoms with Crippen molar-refractivity contribution in [2.45, 2.75) is 45.3 Å². The molecular formula is C15H19BrO2. The highest BCUT2D eigenvalue weighted by atomic mass is 79.9. The lowest BCUT2D eigenvalue weighted by molar-refractivity contribution is -0.0712. The first-order valence-electron chi connectivity index (χ1n) is 6.21. The van der Waals surface area contributed by atoms with Gasteiger partial charge in [-0.3, -0.25) is 4.79 Å². The maximum atomic E-state index is 12.6. The number of benzene rings is 1. The number of carbonyl (C=O) groups excluding carboxylic acids is 1. The van der Waals surface area contributed by atoms with Gasteiger partial charge in [-0.05, 0) is 46.2 Å². The Morgan fingerprint density at radius 2 is 2.00 bits per heavy atom. The van der Waals surface area contributed by atoms with Crippen LogP contribution in [0.5, 0.6) is 0 Å². The van der Waals surface area contributed by atoms with E-state index < -0.39 is 5.60 Å². The Balaban J connectivity index is 2.30. The first-order chi connectivity index (χ1) is 8.21. The minimum absolute atomic E-state index is 0.0817. The van der Waals surface area contributed by atoms with Crippen LogP contribution in [0.2, 0.25) is 0 Å². The molecule has 0 aliphatic carbocycles. The van der Waals surface area contributed by atoms with E-state index in [1.807, 2.05) is 52.0 Å². The fraction of sp³-hybridized carbons (Fsp3) is 0.533. The molecule has 1 fully saturated rings. The zero-order chi connectivity index (χ0) is 13.6. The summed E-state index contributed by atoms with van der Waals surface area (Å²) in [6.45, 7) is 8.09. The third-order valence-corrected chi connectivity index (χ3v) is 3.99. The third-order valence-electron chi connectivity index (χ3n) is 3.50. The molecule has 18 heavy (non-hydrogen) atoms. The molecule has 98 valence electrons. The lowest BCUT2D eigenvalue weighted by atomic mass is 9.82. The number of hydrogen-bond acceptors (Lipinski definition) is 2. The summed E-state index contributed by atoms with van der Waals surface area (Å²) in [5.41, 5.74) is 0.127. The lowest BCUT2D eigenvalue weighted by Gasteiger charge is -2.26. The molecule has 1 atom stereocenters. The van der Waals surface area contributed by atoms with Crippen LogP contribution in [0.25, 0.3) is 0 Å². The topological polar surface area (TPSA) is 26.3 Å². The van der Waals surface area contributed by atoms with Crippen LogP contribution in [0.4, 0.5) is 0 Å². The Labute approximate surface area is 117 Å². The van der Waals surface area contributed by atoms with E-state index in [4.69, 9.17) is 4.74 Å². The Bertz CT molecular complexity index is 477. The van der Waals surface area contributed by atoms with Crippen LogP contribution in [0.3, 0.4) is 0 Å². The predicted octanol–water partition coefficient (Wildman–Crippen LogP) is 4.23. The smallest absolute Gasteiger partial charge is 0.168 e. The number of ketones is 1.